The Bertz CT molecular complexity index is 802. The van der Waals surface area contributed by atoms with E-state index in [1.165, 1.54) is 24.3 Å². The number of aliphatic carboxylic acids is 1. The molecule has 130 valence electrons. The highest BCUT2D eigenvalue weighted by Crippen LogP contribution is 2.24. The molecule has 2 rings (SSSR count). The van der Waals surface area contributed by atoms with Gasteiger partial charge in [0.05, 0.1) is 15.6 Å². The summed E-state index contributed by atoms with van der Waals surface area (Å²) in [6, 6.07) is 9.49. The highest BCUT2D eigenvalue weighted by atomic mass is 35.5. The molecule has 2 aromatic carbocycles. The average Bonchev–Trinajstić information content (AvgIpc) is 2.54. The summed E-state index contributed by atoms with van der Waals surface area (Å²) < 4.78 is 0. The zero-order chi connectivity index (χ0) is 18.6. The third-order valence-corrected chi connectivity index (χ3v) is 4.10. The monoisotopic (exact) mass is 380 g/mol. The fourth-order valence-electron chi connectivity index (χ4n) is 2.19. The normalized spacial score (nSPS) is 11.6. The molecule has 0 radical (unpaired) electrons. The Hall–Kier alpha value is -2.57. The fraction of sp³-hybridized carbons (Fsp3) is 0.118. The van der Waals surface area contributed by atoms with E-state index in [2.05, 4.69) is 5.32 Å². The fourth-order valence-corrected chi connectivity index (χ4v) is 2.76. The summed E-state index contributed by atoms with van der Waals surface area (Å²) in [5, 5.41) is 12.0. The van der Waals surface area contributed by atoms with Gasteiger partial charge in [0.25, 0.3) is 5.91 Å². The van der Waals surface area contributed by atoms with Crippen molar-refractivity contribution in [1.82, 2.24) is 5.32 Å². The van der Waals surface area contributed by atoms with Crippen LogP contribution in [-0.4, -0.2) is 28.9 Å². The lowest BCUT2D eigenvalue weighted by atomic mass is 10.0. The van der Waals surface area contributed by atoms with E-state index in [1.807, 2.05) is 0 Å². The minimum Gasteiger partial charge on any atom is -0.480 e. The molecule has 25 heavy (non-hydrogen) atoms. The summed E-state index contributed by atoms with van der Waals surface area (Å²) in [7, 11) is 0. The van der Waals surface area contributed by atoms with Crippen molar-refractivity contribution in [3.8, 4) is 0 Å². The van der Waals surface area contributed by atoms with Crippen molar-refractivity contribution in [2.24, 2.45) is 5.73 Å². The topological polar surface area (TPSA) is 109 Å². The largest absolute Gasteiger partial charge is 0.480 e. The van der Waals surface area contributed by atoms with Gasteiger partial charge in [-0.25, -0.2) is 4.79 Å². The number of primary amides is 1. The van der Waals surface area contributed by atoms with Gasteiger partial charge in [-0.05, 0) is 29.8 Å². The molecule has 0 saturated heterocycles. The van der Waals surface area contributed by atoms with E-state index in [-0.39, 0.29) is 22.0 Å². The number of carboxylic acids is 1. The summed E-state index contributed by atoms with van der Waals surface area (Å²) in [6.45, 7) is 0. The van der Waals surface area contributed by atoms with E-state index in [0.717, 1.165) is 0 Å². The Morgan fingerprint density at radius 1 is 1.04 bits per heavy atom. The molecule has 2 amide bonds. The van der Waals surface area contributed by atoms with Crippen LogP contribution < -0.4 is 11.1 Å². The number of rotatable bonds is 6. The zero-order valence-corrected chi connectivity index (χ0v) is 14.3. The maximum Gasteiger partial charge on any atom is 0.326 e. The lowest BCUT2D eigenvalue weighted by molar-refractivity contribution is -0.139. The Morgan fingerprint density at radius 2 is 1.60 bits per heavy atom. The maximum atomic E-state index is 12.3. The number of halogens is 2. The minimum absolute atomic E-state index is 0.0150. The van der Waals surface area contributed by atoms with Crippen molar-refractivity contribution < 1.29 is 19.5 Å². The molecule has 0 aromatic heterocycles. The van der Waals surface area contributed by atoms with Crippen LogP contribution in [0.3, 0.4) is 0 Å². The summed E-state index contributed by atoms with van der Waals surface area (Å²) in [5.41, 5.74) is 6.09. The Kier molecular flexibility index (Phi) is 6.01. The number of hydrogen-bond donors (Lipinski definition) is 3. The number of hydrogen-bond acceptors (Lipinski definition) is 3. The molecule has 0 spiro atoms. The van der Waals surface area contributed by atoms with Gasteiger partial charge in [0.2, 0.25) is 5.91 Å². The molecule has 2 aromatic rings. The predicted molar refractivity (Wildman–Crippen MR) is 94.0 cm³/mol. The molecule has 1 atom stereocenters. The van der Waals surface area contributed by atoms with Gasteiger partial charge < -0.3 is 16.2 Å². The van der Waals surface area contributed by atoms with Crippen molar-refractivity contribution in [2.75, 3.05) is 0 Å². The number of carbonyl (C=O) groups is 3. The van der Waals surface area contributed by atoms with Crippen molar-refractivity contribution in [3.05, 3.63) is 69.2 Å². The quantitative estimate of drug-likeness (QED) is 0.714. The van der Waals surface area contributed by atoms with E-state index in [4.69, 9.17) is 28.9 Å². The molecule has 8 heteroatoms. The van der Waals surface area contributed by atoms with E-state index < -0.39 is 23.8 Å². The Balaban J connectivity index is 2.17. The van der Waals surface area contributed by atoms with E-state index >= 15 is 0 Å². The number of carboxylic acid groups (broad SMARTS) is 1. The van der Waals surface area contributed by atoms with Crippen LogP contribution >= 0.6 is 23.2 Å². The average molecular weight is 381 g/mol. The highest BCUT2D eigenvalue weighted by molar-refractivity contribution is 6.39. The molecular formula is C17H14Cl2N2O4. The SMILES string of the molecule is NC(=O)c1ccc(C[C@H](NC(=O)c2c(Cl)cccc2Cl)C(=O)O)cc1. The van der Waals surface area contributed by atoms with Crippen LogP contribution in [0.15, 0.2) is 42.5 Å². The number of benzene rings is 2. The second-order valence-electron chi connectivity index (χ2n) is 5.23. The van der Waals surface area contributed by atoms with Crippen LogP contribution in [0.1, 0.15) is 26.3 Å². The summed E-state index contributed by atoms with van der Waals surface area (Å²) in [5.74, 6) is -2.48. The third-order valence-electron chi connectivity index (χ3n) is 3.47. The first-order chi connectivity index (χ1) is 11.8. The number of nitrogens with one attached hydrogen (secondary N) is 1. The van der Waals surface area contributed by atoms with Crippen LogP contribution in [0.2, 0.25) is 10.0 Å². The van der Waals surface area contributed by atoms with Crippen LogP contribution in [-0.2, 0) is 11.2 Å². The first-order valence-electron chi connectivity index (χ1n) is 7.16. The Morgan fingerprint density at radius 3 is 2.08 bits per heavy atom. The molecule has 4 N–H and O–H groups in total. The molecule has 0 aliphatic carbocycles. The van der Waals surface area contributed by atoms with Gasteiger partial charge in [-0.3, -0.25) is 9.59 Å². The van der Waals surface area contributed by atoms with Gasteiger partial charge >= 0.3 is 5.97 Å². The molecule has 0 fully saturated rings. The van der Waals surface area contributed by atoms with Crippen LogP contribution in [0.4, 0.5) is 0 Å². The minimum atomic E-state index is -1.21. The third kappa shape index (κ3) is 4.71. The summed E-state index contributed by atoms with van der Waals surface area (Å²) in [6.07, 6.45) is 0.0161. The molecule has 0 aliphatic heterocycles. The van der Waals surface area contributed by atoms with Gasteiger partial charge in [0.15, 0.2) is 0 Å². The number of nitrogens with two attached hydrogens (primary N) is 1. The van der Waals surface area contributed by atoms with Gasteiger partial charge in [-0.15, -0.1) is 0 Å². The number of carbonyl (C=O) groups excluding carboxylic acids is 2. The van der Waals surface area contributed by atoms with Crippen LogP contribution in [0.5, 0.6) is 0 Å². The van der Waals surface area contributed by atoms with Gasteiger partial charge in [-0.2, -0.15) is 0 Å². The van der Waals surface area contributed by atoms with Gasteiger partial charge in [-0.1, -0.05) is 41.4 Å². The van der Waals surface area contributed by atoms with Crippen molar-refractivity contribution in [2.45, 2.75) is 12.5 Å². The van der Waals surface area contributed by atoms with Crippen LogP contribution in [0.25, 0.3) is 0 Å². The summed E-state index contributed by atoms with van der Waals surface area (Å²) >= 11 is 11.9. The lowest BCUT2D eigenvalue weighted by Gasteiger charge is -2.16. The van der Waals surface area contributed by atoms with E-state index in [9.17, 15) is 19.5 Å². The molecule has 0 unspecified atom stereocenters. The van der Waals surface area contributed by atoms with E-state index in [1.54, 1.807) is 18.2 Å². The smallest absolute Gasteiger partial charge is 0.326 e. The number of amides is 2. The maximum absolute atomic E-state index is 12.3. The first kappa shape index (κ1) is 18.8. The second kappa shape index (κ2) is 8.00. The predicted octanol–water partition coefficient (Wildman–Crippen LogP) is 2.52. The second-order valence-corrected chi connectivity index (χ2v) is 6.04. The lowest BCUT2D eigenvalue weighted by Crippen LogP contribution is -2.42. The first-order valence-corrected chi connectivity index (χ1v) is 7.91. The van der Waals surface area contributed by atoms with Crippen molar-refractivity contribution in [3.63, 3.8) is 0 Å². The molecule has 0 heterocycles. The standard InChI is InChI=1S/C17H14Cl2N2O4/c18-11-2-1-3-12(19)14(11)16(23)21-13(17(24)25)8-9-4-6-10(7-5-9)15(20)22/h1-7,13H,8H2,(H2,20,22)(H,21,23)(H,24,25)/t13-/m0/s1. The molecule has 0 aliphatic rings. The van der Waals surface area contributed by atoms with E-state index in [0.29, 0.717) is 11.1 Å². The summed E-state index contributed by atoms with van der Waals surface area (Å²) in [4.78, 5) is 34.8. The molecule has 0 saturated carbocycles. The molecular weight excluding hydrogens is 367 g/mol. The van der Waals surface area contributed by atoms with Crippen molar-refractivity contribution >= 4 is 41.0 Å². The Labute approximate surface area is 153 Å². The molecule has 0 bridgehead atoms. The van der Waals surface area contributed by atoms with Gasteiger partial charge in [0.1, 0.15) is 6.04 Å². The zero-order valence-electron chi connectivity index (χ0n) is 12.8. The van der Waals surface area contributed by atoms with Gasteiger partial charge in [0, 0.05) is 12.0 Å². The highest BCUT2D eigenvalue weighted by Gasteiger charge is 2.23. The molecule has 6 nitrogen and oxygen atoms in total. The van der Waals surface area contributed by atoms with Crippen LogP contribution in [0, 0.1) is 0 Å². The van der Waals surface area contributed by atoms with Crippen molar-refractivity contribution in [1.29, 1.82) is 0 Å².